The van der Waals surface area contributed by atoms with E-state index in [1.165, 1.54) is 12.1 Å². The van der Waals surface area contributed by atoms with Crippen LogP contribution in [0.2, 0.25) is 0 Å². The maximum absolute atomic E-state index is 10.9. The summed E-state index contributed by atoms with van der Waals surface area (Å²) in [6, 6.07) is 20.2. The van der Waals surface area contributed by atoms with Crippen molar-refractivity contribution >= 4 is 33.5 Å². The molecule has 122 valence electrons. The number of benzene rings is 2. The largest absolute Gasteiger partial charge is 0.478 e. The lowest BCUT2D eigenvalue weighted by Gasteiger charge is -2.07. The third-order valence-corrected chi connectivity index (χ3v) is 4.27. The molecule has 5 heteroatoms. The van der Waals surface area contributed by atoms with E-state index in [1.54, 1.807) is 18.2 Å². The Morgan fingerprint density at radius 1 is 1.04 bits per heavy atom. The predicted octanol–water partition coefficient (Wildman–Crippen LogP) is 5.00. The molecule has 0 radical (unpaired) electrons. The van der Waals surface area contributed by atoms with E-state index in [0.29, 0.717) is 11.1 Å². The van der Waals surface area contributed by atoms with Crippen LogP contribution in [-0.4, -0.2) is 15.6 Å². The lowest BCUT2D eigenvalue weighted by atomic mass is 10.0. The molecule has 0 bridgehead atoms. The van der Waals surface area contributed by atoms with Crippen molar-refractivity contribution in [1.82, 2.24) is 4.57 Å². The molecule has 0 saturated heterocycles. The second kappa shape index (κ2) is 7.20. The summed E-state index contributed by atoms with van der Waals surface area (Å²) < 4.78 is 2.98. The molecule has 0 aliphatic rings. The summed E-state index contributed by atoms with van der Waals surface area (Å²) in [5.74, 6) is -0.988. The average Bonchev–Trinajstić information content (AvgIpc) is 3.08. The Labute approximate surface area is 153 Å². The number of carboxylic acids is 1. The topological polar surface area (TPSA) is 66.0 Å². The molecule has 0 aliphatic carbocycles. The number of nitriles is 1. The van der Waals surface area contributed by atoms with Crippen molar-refractivity contribution in [2.75, 3.05) is 0 Å². The first-order valence-corrected chi connectivity index (χ1v) is 8.26. The highest BCUT2D eigenvalue weighted by atomic mass is 79.9. The molecule has 0 fully saturated rings. The summed E-state index contributed by atoms with van der Waals surface area (Å²) >= 11 is 3.42. The molecule has 0 unspecified atom stereocenters. The predicted molar refractivity (Wildman–Crippen MR) is 100 cm³/mol. The number of rotatable bonds is 4. The van der Waals surface area contributed by atoms with Gasteiger partial charge in [-0.1, -0.05) is 28.1 Å². The fourth-order valence-electron chi connectivity index (χ4n) is 2.47. The number of hydrogen-bond acceptors (Lipinski definition) is 2. The molecule has 1 aromatic heterocycles. The molecular weight excluding hydrogens is 380 g/mol. The Bertz CT molecular complexity index is 978. The molecule has 0 amide bonds. The number of aromatic carboxylic acids is 1. The lowest BCUT2D eigenvalue weighted by Crippen LogP contribution is -1.96. The number of carbonyl (C=O) groups is 1. The van der Waals surface area contributed by atoms with Crippen LogP contribution in [0.4, 0.5) is 0 Å². The number of halogens is 1. The first-order chi connectivity index (χ1) is 12.1. The summed E-state index contributed by atoms with van der Waals surface area (Å²) in [6.45, 7) is 0. The van der Waals surface area contributed by atoms with Crippen LogP contribution in [0.15, 0.2) is 71.3 Å². The molecule has 3 rings (SSSR count). The van der Waals surface area contributed by atoms with Gasteiger partial charge in [0, 0.05) is 22.1 Å². The molecule has 1 N–H and O–H groups in total. The van der Waals surface area contributed by atoms with E-state index in [0.717, 1.165) is 15.9 Å². The van der Waals surface area contributed by atoms with Crippen LogP contribution in [0.3, 0.4) is 0 Å². The van der Waals surface area contributed by atoms with Gasteiger partial charge in [0.05, 0.1) is 17.2 Å². The minimum Gasteiger partial charge on any atom is -0.478 e. The van der Waals surface area contributed by atoms with Crippen LogP contribution in [0.25, 0.3) is 17.3 Å². The van der Waals surface area contributed by atoms with Gasteiger partial charge in [-0.2, -0.15) is 5.26 Å². The van der Waals surface area contributed by atoms with Gasteiger partial charge in [-0.3, -0.25) is 0 Å². The van der Waals surface area contributed by atoms with Crippen molar-refractivity contribution in [3.8, 4) is 11.8 Å². The highest BCUT2D eigenvalue weighted by Crippen LogP contribution is 2.22. The molecule has 1 heterocycles. The van der Waals surface area contributed by atoms with Crippen molar-refractivity contribution in [2.24, 2.45) is 0 Å². The Balaban J connectivity index is 1.99. The quantitative estimate of drug-likeness (QED) is 0.635. The van der Waals surface area contributed by atoms with E-state index in [-0.39, 0.29) is 5.56 Å². The highest BCUT2D eigenvalue weighted by molar-refractivity contribution is 9.10. The van der Waals surface area contributed by atoms with Gasteiger partial charge in [-0.05, 0) is 60.2 Å². The van der Waals surface area contributed by atoms with E-state index >= 15 is 0 Å². The number of aromatic nitrogens is 1. The van der Waals surface area contributed by atoms with Gasteiger partial charge < -0.3 is 9.67 Å². The van der Waals surface area contributed by atoms with Crippen molar-refractivity contribution in [1.29, 1.82) is 5.26 Å². The molecular formula is C20H13BrN2O2. The summed E-state index contributed by atoms with van der Waals surface area (Å²) in [5.41, 5.74) is 3.18. The SMILES string of the molecule is N#C/C(=C/c1cccn1-c1ccc(Br)cc1)c1ccc(C(=O)O)cc1. The summed E-state index contributed by atoms with van der Waals surface area (Å²) in [6.07, 6.45) is 3.72. The molecule has 4 nitrogen and oxygen atoms in total. The van der Waals surface area contributed by atoms with E-state index in [2.05, 4.69) is 22.0 Å². The number of carboxylic acid groups (broad SMARTS) is 1. The van der Waals surface area contributed by atoms with Gasteiger partial charge in [0.1, 0.15) is 0 Å². The monoisotopic (exact) mass is 392 g/mol. The van der Waals surface area contributed by atoms with E-state index in [9.17, 15) is 10.1 Å². The van der Waals surface area contributed by atoms with Crippen LogP contribution in [0, 0.1) is 11.3 Å². The average molecular weight is 393 g/mol. The van der Waals surface area contributed by atoms with E-state index in [1.807, 2.05) is 47.2 Å². The molecule has 25 heavy (non-hydrogen) atoms. The van der Waals surface area contributed by atoms with E-state index < -0.39 is 5.97 Å². The fraction of sp³-hybridized carbons (Fsp3) is 0. The minimum absolute atomic E-state index is 0.194. The van der Waals surface area contributed by atoms with Crippen LogP contribution in [-0.2, 0) is 0 Å². The Morgan fingerprint density at radius 3 is 2.28 bits per heavy atom. The van der Waals surface area contributed by atoms with Crippen LogP contribution in [0.1, 0.15) is 21.6 Å². The summed E-state index contributed by atoms with van der Waals surface area (Å²) in [4.78, 5) is 10.9. The first kappa shape index (κ1) is 16.7. The maximum Gasteiger partial charge on any atom is 0.335 e. The molecule has 3 aromatic rings. The summed E-state index contributed by atoms with van der Waals surface area (Å²) in [7, 11) is 0. The summed E-state index contributed by atoms with van der Waals surface area (Å²) in [5, 5.41) is 18.5. The number of hydrogen-bond donors (Lipinski definition) is 1. The van der Waals surface area contributed by atoms with Gasteiger partial charge >= 0.3 is 5.97 Å². The number of allylic oxidation sites excluding steroid dienone is 1. The smallest absolute Gasteiger partial charge is 0.335 e. The molecule has 0 saturated carbocycles. The van der Waals surface area contributed by atoms with Crippen molar-refractivity contribution in [2.45, 2.75) is 0 Å². The van der Waals surface area contributed by atoms with Crippen molar-refractivity contribution < 1.29 is 9.90 Å². The second-order valence-electron chi connectivity index (χ2n) is 5.33. The highest BCUT2D eigenvalue weighted by Gasteiger charge is 2.07. The fourth-order valence-corrected chi connectivity index (χ4v) is 2.73. The van der Waals surface area contributed by atoms with Gasteiger partial charge in [-0.25, -0.2) is 4.79 Å². The van der Waals surface area contributed by atoms with Gasteiger partial charge in [0.15, 0.2) is 0 Å². The van der Waals surface area contributed by atoms with Gasteiger partial charge in [-0.15, -0.1) is 0 Å². The lowest BCUT2D eigenvalue weighted by molar-refractivity contribution is 0.0697. The molecule has 2 aromatic carbocycles. The Hall–Kier alpha value is -3.10. The third-order valence-electron chi connectivity index (χ3n) is 3.74. The molecule has 0 spiro atoms. The van der Waals surface area contributed by atoms with Crippen molar-refractivity contribution in [3.63, 3.8) is 0 Å². The van der Waals surface area contributed by atoms with Crippen molar-refractivity contribution in [3.05, 3.63) is 88.2 Å². The van der Waals surface area contributed by atoms with Gasteiger partial charge in [0.2, 0.25) is 0 Å². The van der Waals surface area contributed by atoms with Crippen LogP contribution in [0.5, 0.6) is 0 Å². The molecule has 0 atom stereocenters. The Kier molecular flexibility index (Phi) is 4.82. The van der Waals surface area contributed by atoms with Crippen LogP contribution >= 0.6 is 15.9 Å². The standard InChI is InChI=1S/C20H13BrN2O2/c21-17-7-9-18(10-8-17)23-11-1-2-19(23)12-16(13-22)14-3-5-15(6-4-14)20(24)25/h1-12H,(H,24,25)/b16-12-. The zero-order chi connectivity index (χ0) is 17.8. The minimum atomic E-state index is -0.988. The zero-order valence-electron chi connectivity index (χ0n) is 13.1. The van der Waals surface area contributed by atoms with Crippen LogP contribution < -0.4 is 0 Å². The number of nitrogens with zero attached hydrogens (tertiary/aromatic N) is 2. The van der Waals surface area contributed by atoms with Gasteiger partial charge in [0.25, 0.3) is 0 Å². The Morgan fingerprint density at radius 2 is 1.68 bits per heavy atom. The zero-order valence-corrected chi connectivity index (χ0v) is 14.6. The maximum atomic E-state index is 10.9. The third kappa shape index (κ3) is 3.70. The van der Waals surface area contributed by atoms with E-state index in [4.69, 9.17) is 5.11 Å². The first-order valence-electron chi connectivity index (χ1n) is 7.47. The second-order valence-corrected chi connectivity index (χ2v) is 6.25. The molecule has 0 aliphatic heterocycles. The normalized spacial score (nSPS) is 11.1.